The molecule has 0 saturated heterocycles. The van der Waals surface area contributed by atoms with Crippen LogP contribution in [0.15, 0.2) is 54.7 Å². The third kappa shape index (κ3) is 2.65. The van der Waals surface area contributed by atoms with Crippen molar-refractivity contribution in [2.75, 3.05) is 5.32 Å². The number of halogens is 1. The minimum atomic E-state index is -0.223. The Kier molecular flexibility index (Phi) is 3.44. The highest BCUT2D eigenvalue weighted by Gasteiger charge is 2.13. The SMILES string of the molecule is O=C(Nc1nc2ccc(Cl)cc2s1)c1cccc2cccnc12. The molecule has 0 aliphatic carbocycles. The lowest BCUT2D eigenvalue weighted by Gasteiger charge is -2.04. The number of para-hydroxylation sites is 1. The fourth-order valence-electron chi connectivity index (χ4n) is 2.40. The van der Waals surface area contributed by atoms with Crippen molar-refractivity contribution >= 4 is 55.1 Å². The van der Waals surface area contributed by atoms with Crippen LogP contribution in [0, 0.1) is 0 Å². The van der Waals surface area contributed by atoms with Gasteiger partial charge in [-0.2, -0.15) is 0 Å². The first-order valence-electron chi connectivity index (χ1n) is 6.92. The van der Waals surface area contributed by atoms with Crippen LogP contribution in [0.2, 0.25) is 5.02 Å². The summed E-state index contributed by atoms with van der Waals surface area (Å²) < 4.78 is 0.934. The number of fused-ring (bicyclic) bond motifs is 2. The predicted octanol–water partition coefficient (Wildman–Crippen LogP) is 4.75. The predicted molar refractivity (Wildman–Crippen MR) is 94.3 cm³/mol. The van der Waals surface area contributed by atoms with Crippen LogP contribution >= 0.6 is 22.9 Å². The summed E-state index contributed by atoms with van der Waals surface area (Å²) in [5, 5.41) is 4.96. The Hall–Kier alpha value is -2.50. The number of carbonyl (C=O) groups excluding carboxylic acids is 1. The van der Waals surface area contributed by atoms with E-state index in [0.717, 1.165) is 15.6 Å². The van der Waals surface area contributed by atoms with Crippen molar-refractivity contribution in [1.29, 1.82) is 0 Å². The first-order chi connectivity index (χ1) is 11.2. The second kappa shape index (κ2) is 5.61. The van der Waals surface area contributed by atoms with E-state index in [-0.39, 0.29) is 5.91 Å². The first kappa shape index (κ1) is 14.1. The van der Waals surface area contributed by atoms with Crippen molar-refractivity contribution < 1.29 is 4.79 Å². The Morgan fingerprint density at radius 3 is 2.91 bits per heavy atom. The van der Waals surface area contributed by atoms with Crippen LogP contribution < -0.4 is 5.32 Å². The van der Waals surface area contributed by atoms with Gasteiger partial charge in [0.15, 0.2) is 5.13 Å². The van der Waals surface area contributed by atoms with Gasteiger partial charge in [-0.05, 0) is 30.3 Å². The summed E-state index contributed by atoms with van der Waals surface area (Å²) in [7, 11) is 0. The third-order valence-corrected chi connectivity index (χ3v) is 4.62. The number of nitrogens with one attached hydrogen (secondary N) is 1. The van der Waals surface area contributed by atoms with Crippen molar-refractivity contribution in [3.8, 4) is 0 Å². The second-order valence-electron chi connectivity index (χ2n) is 4.97. The zero-order chi connectivity index (χ0) is 15.8. The Morgan fingerprint density at radius 2 is 2.00 bits per heavy atom. The number of pyridine rings is 1. The maximum absolute atomic E-state index is 12.6. The monoisotopic (exact) mass is 339 g/mol. The van der Waals surface area contributed by atoms with Crippen molar-refractivity contribution in [2.45, 2.75) is 0 Å². The number of hydrogen-bond donors (Lipinski definition) is 1. The van der Waals surface area contributed by atoms with E-state index in [1.54, 1.807) is 18.3 Å². The molecule has 1 N–H and O–H groups in total. The van der Waals surface area contributed by atoms with Crippen molar-refractivity contribution in [3.05, 3.63) is 65.3 Å². The van der Waals surface area contributed by atoms with Gasteiger partial charge in [-0.15, -0.1) is 0 Å². The van der Waals surface area contributed by atoms with E-state index in [2.05, 4.69) is 15.3 Å². The molecule has 4 rings (SSSR count). The Bertz CT molecular complexity index is 1040. The highest BCUT2D eigenvalue weighted by atomic mass is 35.5. The lowest BCUT2D eigenvalue weighted by Crippen LogP contribution is -2.12. The van der Waals surface area contributed by atoms with E-state index >= 15 is 0 Å². The fourth-order valence-corrected chi connectivity index (χ4v) is 3.54. The van der Waals surface area contributed by atoms with Crippen LogP contribution in [0.4, 0.5) is 5.13 Å². The van der Waals surface area contributed by atoms with Crippen LogP contribution in [0.3, 0.4) is 0 Å². The van der Waals surface area contributed by atoms with Gasteiger partial charge < -0.3 is 0 Å². The van der Waals surface area contributed by atoms with E-state index < -0.39 is 0 Å². The number of rotatable bonds is 2. The van der Waals surface area contributed by atoms with Gasteiger partial charge in [-0.1, -0.05) is 41.1 Å². The smallest absolute Gasteiger partial charge is 0.259 e. The van der Waals surface area contributed by atoms with Crippen LogP contribution in [0.25, 0.3) is 21.1 Å². The molecule has 4 nitrogen and oxygen atoms in total. The van der Waals surface area contributed by atoms with Crippen molar-refractivity contribution in [3.63, 3.8) is 0 Å². The number of thiazole rings is 1. The molecule has 0 unspecified atom stereocenters. The van der Waals surface area contributed by atoms with Gasteiger partial charge >= 0.3 is 0 Å². The summed E-state index contributed by atoms with van der Waals surface area (Å²) in [6.07, 6.45) is 1.68. The van der Waals surface area contributed by atoms with Crippen LogP contribution in [0.1, 0.15) is 10.4 Å². The molecule has 0 spiro atoms. The summed E-state index contributed by atoms with van der Waals surface area (Å²) in [6.45, 7) is 0. The zero-order valence-corrected chi connectivity index (χ0v) is 13.4. The normalized spacial score (nSPS) is 11.0. The topological polar surface area (TPSA) is 54.9 Å². The molecule has 2 heterocycles. The zero-order valence-electron chi connectivity index (χ0n) is 11.8. The first-order valence-corrected chi connectivity index (χ1v) is 8.11. The highest BCUT2D eigenvalue weighted by molar-refractivity contribution is 7.22. The van der Waals surface area contributed by atoms with E-state index in [1.807, 2.05) is 36.4 Å². The highest BCUT2D eigenvalue weighted by Crippen LogP contribution is 2.29. The fraction of sp³-hybridized carbons (Fsp3) is 0. The molecule has 2 aromatic carbocycles. The van der Waals surface area contributed by atoms with Gasteiger partial charge in [0, 0.05) is 16.6 Å². The second-order valence-corrected chi connectivity index (χ2v) is 6.43. The molecule has 0 fully saturated rings. The molecule has 0 aliphatic rings. The molecule has 0 aliphatic heterocycles. The summed E-state index contributed by atoms with van der Waals surface area (Å²) in [6, 6.07) is 14.8. The molecule has 0 bridgehead atoms. The Morgan fingerprint density at radius 1 is 1.13 bits per heavy atom. The summed E-state index contributed by atoms with van der Waals surface area (Å²) >= 11 is 7.37. The quantitative estimate of drug-likeness (QED) is 0.573. The average molecular weight is 340 g/mol. The van der Waals surface area contributed by atoms with E-state index in [4.69, 9.17) is 11.6 Å². The number of anilines is 1. The van der Waals surface area contributed by atoms with Crippen LogP contribution in [0.5, 0.6) is 0 Å². The van der Waals surface area contributed by atoms with Gasteiger partial charge in [-0.3, -0.25) is 15.1 Å². The molecule has 23 heavy (non-hydrogen) atoms. The standard InChI is InChI=1S/C17H10ClN3OS/c18-11-6-7-13-14(9-11)23-17(20-13)21-16(22)12-5-1-3-10-4-2-8-19-15(10)12/h1-9H,(H,20,21,22). The molecule has 0 radical (unpaired) electrons. The number of benzene rings is 2. The molecule has 6 heteroatoms. The minimum absolute atomic E-state index is 0.223. The third-order valence-electron chi connectivity index (χ3n) is 3.45. The maximum atomic E-state index is 12.6. The molecule has 2 aromatic heterocycles. The van der Waals surface area contributed by atoms with Gasteiger partial charge in [0.05, 0.1) is 21.3 Å². The molecular formula is C17H10ClN3OS. The maximum Gasteiger partial charge on any atom is 0.259 e. The summed E-state index contributed by atoms with van der Waals surface area (Å²) in [4.78, 5) is 21.3. The lowest BCUT2D eigenvalue weighted by molar-refractivity contribution is 0.102. The number of nitrogens with zero attached hydrogens (tertiary/aromatic N) is 2. The number of amides is 1. The van der Waals surface area contributed by atoms with Crippen LogP contribution in [-0.2, 0) is 0 Å². The van der Waals surface area contributed by atoms with Gasteiger partial charge in [0.25, 0.3) is 5.91 Å². The summed E-state index contributed by atoms with van der Waals surface area (Å²) in [5.41, 5.74) is 2.02. The van der Waals surface area contributed by atoms with Gasteiger partial charge in [-0.25, -0.2) is 4.98 Å². The Labute approximate surface area is 140 Å². The molecular weight excluding hydrogens is 330 g/mol. The number of aromatic nitrogens is 2. The van der Waals surface area contributed by atoms with E-state index in [1.165, 1.54) is 11.3 Å². The Balaban J connectivity index is 1.70. The molecule has 4 aromatic rings. The van der Waals surface area contributed by atoms with Gasteiger partial charge in [0.1, 0.15) is 0 Å². The summed E-state index contributed by atoms with van der Waals surface area (Å²) in [5.74, 6) is -0.223. The molecule has 1 amide bonds. The lowest BCUT2D eigenvalue weighted by atomic mass is 10.1. The largest absolute Gasteiger partial charge is 0.298 e. The number of carbonyl (C=O) groups is 1. The minimum Gasteiger partial charge on any atom is -0.298 e. The molecule has 0 atom stereocenters. The van der Waals surface area contributed by atoms with Crippen molar-refractivity contribution in [2.24, 2.45) is 0 Å². The van der Waals surface area contributed by atoms with E-state index in [9.17, 15) is 4.79 Å². The van der Waals surface area contributed by atoms with Gasteiger partial charge in [0.2, 0.25) is 0 Å². The van der Waals surface area contributed by atoms with Crippen LogP contribution in [-0.4, -0.2) is 15.9 Å². The molecule has 0 saturated carbocycles. The average Bonchev–Trinajstić information content (AvgIpc) is 2.95. The number of hydrogen-bond acceptors (Lipinski definition) is 4. The van der Waals surface area contributed by atoms with Crippen molar-refractivity contribution in [1.82, 2.24) is 9.97 Å². The molecule has 112 valence electrons. The van der Waals surface area contributed by atoms with E-state index in [0.29, 0.717) is 21.2 Å².